The van der Waals surface area contributed by atoms with Crippen LogP contribution in [0.15, 0.2) is 42.6 Å². The Morgan fingerprint density at radius 2 is 1.95 bits per heavy atom. The summed E-state index contributed by atoms with van der Waals surface area (Å²) in [6, 6.07) is 8.62. The van der Waals surface area contributed by atoms with Crippen LogP contribution in [0.3, 0.4) is 0 Å². The van der Waals surface area contributed by atoms with Gasteiger partial charge in [-0.25, -0.2) is 19.2 Å². The minimum absolute atomic E-state index is 0. The molecule has 42 heavy (non-hydrogen) atoms. The maximum atomic E-state index is 12.8. The number of hydrogen-bond acceptors (Lipinski definition) is 7. The zero-order valence-electron chi connectivity index (χ0n) is 23.4. The predicted molar refractivity (Wildman–Crippen MR) is 159 cm³/mol. The number of nitrogens with zero attached hydrogens (tertiary/aromatic N) is 3. The maximum Gasteiger partial charge on any atom is 0.326 e. The summed E-state index contributed by atoms with van der Waals surface area (Å²) < 4.78 is 18.2. The second-order valence-electron chi connectivity index (χ2n) is 10.4. The van der Waals surface area contributed by atoms with E-state index in [-0.39, 0.29) is 37.3 Å². The molecule has 4 N–H and O–H groups in total. The number of aliphatic hydroxyl groups is 1. The molecule has 1 saturated heterocycles. The van der Waals surface area contributed by atoms with E-state index in [1.807, 2.05) is 12.1 Å². The van der Waals surface area contributed by atoms with Gasteiger partial charge >= 0.3 is 5.97 Å². The number of halogens is 3. The average molecular weight is 622 g/mol. The van der Waals surface area contributed by atoms with Crippen LogP contribution in [-0.4, -0.2) is 62.8 Å². The molecule has 1 amide bonds. The quantitative estimate of drug-likeness (QED) is 0.344. The lowest BCUT2D eigenvalue weighted by atomic mass is 9.96. The minimum atomic E-state index is -1.03. The lowest BCUT2D eigenvalue weighted by molar-refractivity contribution is -0.141. The van der Waals surface area contributed by atoms with Crippen molar-refractivity contribution in [3.63, 3.8) is 0 Å². The van der Waals surface area contributed by atoms with Crippen LogP contribution in [0.1, 0.15) is 58.7 Å². The first-order chi connectivity index (χ1) is 19.6. The Hall–Kier alpha value is -3.15. The summed E-state index contributed by atoms with van der Waals surface area (Å²) in [4.78, 5) is 34.4. The Morgan fingerprint density at radius 1 is 1.24 bits per heavy atom. The molecule has 1 fully saturated rings. The third-order valence-corrected chi connectivity index (χ3v) is 7.61. The van der Waals surface area contributed by atoms with E-state index in [4.69, 9.17) is 27.2 Å². The molecule has 5 rings (SSSR count). The van der Waals surface area contributed by atoms with Gasteiger partial charge in [0, 0.05) is 43.5 Å². The van der Waals surface area contributed by atoms with Gasteiger partial charge in [-0.05, 0) is 67.5 Å². The number of carboxylic acids is 1. The third kappa shape index (κ3) is 8.02. The Morgan fingerprint density at radius 3 is 2.60 bits per heavy atom. The number of carbonyl (C=O) groups excluding carboxylic acids is 1. The molecular formula is C30H35Cl2FN4O5. The Kier molecular flexibility index (Phi) is 11.8. The van der Waals surface area contributed by atoms with Crippen LogP contribution in [-0.2, 0) is 22.5 Å². The van der Waals surface area contributed by atoms with E-state index in [9.17, 15) is 19.1 Å². The van der Waals surface area contributed by atoms with Crippen LogP contribution in [0, 0.1) is 18.7 Å². The van der Waals surface area contributed by atoms with E-state index in [1.54, 1.807) is 25.3 Å². The van der Waals surface area contributed by atoms with Crippen molar-refractivity contribution in [2.24, 2.45) is 11.7 Å². The van der Waals surface area contributed by atoms with Gasteiger partial charge in [0.05, 0.1) is 23.4 Å². The van der Waals surface area contributed by atoms with Crippen molar-refractivity contribution >= 4 is 35.9 Å². The number of nitrogens with two attached hydrogens (primary N) is 1. The van der Waals surface area contributed by atoms with Crippen LogP contribution in [0.4, 0.5) is 4.39 Å². The normalized spacial score (nSPS) is 16.1. The highest BCUT2D eigenvalue weighted by atomic mass is 35.5. The molecule has 0 aliphatic carbocycles. The summed E-state index contributed by atoms with van der Waals surface area (Å²) in [7, 11) is 0. The lowest BCUT2D eigenvalue weighted by Crippen LogP contribution is -2.38. The van der Waals surface area contributed by atoms with E-state index in [2.05, 4.69) is 9.97 Å². The zero-order chi connectivity index (χ0) is 29.7. The summed E-state index contributed by atoms with van der Waals surface area (Å²) in [5, 5.41) is 18.4. The molecule has 3 heterocycles. The Balaban J connectivity index is 0.000000315. The van der Waals surface area contributed by atoms with E-state index in [0.29, 0.717) is 27.8 Å². The summed E-state index contributed by atoms with van der Waals surface area (Å²) in [5.41, 5.74) is 9.58. The van der Waals surface area contributed by atoms with E-state index in [1.165, 1.54) is 24.0 Å². The smallest absolute Gasteiger partial charge is 0.326 e. The number of aliphatic carboxylic acids is 1. The second kappa shape index (κ2) is 14.8. The van der Waals surface area contributed by atoms with Crippen LogP contribution < -0.4 is 5.73 Å². The first-order valence-corrected chi connectivity index (χ1v) is 13.8. The van der Waals surface area contributed by atoms with Gasteiger partial charge in [-0.3, -0.25) is 4.79 Å². The largest absolute Gasteiger partial charge is 0.480 e. The molecule has 2 aliphatic rings. The van der Waals surface area contributed by atoms with Gasteiger partial charge in [-0.1, -0.05) is 29.8 Å². The molecule has 2 atom stereocenters. The third-order valence-electron chi connectivity index (χ3n) is 7.34. The van der Waals surface area contributed by atoms with E-state index in [0.717, 1.165) is 55.0 Å². The number of aryl methyl sites for hydroxylation is 1. The molecule has 1 aromatic heterocycles. The fourth-order valence-corrected chi connectivity index (χ4v) is 5.11. The number of carboxylic acid groups (broad SMARTS) is 1. The number of fused-ring (bicyclic) bond motifs is 1. The zero-order valence-corrected chi connectivity index (χ0v) is 25.0. The standard InChI is InChI=1S/C21H22ClN3O4.C9H12FNO.ClH/c1-12(21(27)28)25-11-15-3-2-14(9-16(15)20(25)26)19-17(22)10-23-18(24-19)8-13-4-6-29-7-5-13;1-6-2-7(9(11)5-12)4-8(10)3-6;/h2-3,9-10,12-13H,4-8,11H2,1H3,(H,27,28);2-4,9,12H,5,11H2,1H3;1H/t12-;9-;/m11./s1. The van der Waals surface area contributed by atoms with Gasteiger partial charge in [0.2, 0.25) is 0 Å². The summed E-state index contributed by atoms with van der Waals surface area (Å²) >= 11 is 6.36. The van der Waals surface area contributed by atoms with Crippen LogP contribution in [0.2, 0.25) is 5.02 Å². The fraction of sp³-hybridized carbons (Fsp3) is 0.400. The number of ether oxygens (including phenoxy) is 1. The number of benzene rings is 2. The lowest BCUT2D eigenvalue weighted by Gasteiger charge is -2.21. The molecule has 0 bridgehead atoms. The van der Waals surface area contributed by atoms with Crippen molar-refractivity contribution in [1.29, 1.82) is 0 Å². The van der Waals surface area contributed by atoms with Gasteiger partial charge in [0.15, 0.2) is 0 Å². The van der Waals surface area contributed by atoms with Crippen molar-refractivity contribution < 1.29 is 28.9 Å². The highest BCUT2D eigenvalue weighted by molar-refractivity contribution is 6.32. The van der Waals surface area contributed by atoms with E-state index >= 15 is 0 Å². The van der Waals surface area contributed by atoms with Gasteiger partial charge in [-0.15, -0.1) is 12.4 Å². The molecule has 12 heteroatoms. The molecule has 0 radical (unpaired) electrons. The van der Waals surface area contributed by atoms with Gasteiger partial charge in [0.1, 0.15) is 17.7 Å². The molecule has 226 valence electrons. The topological polar surface area (TPSA) is 139 Å². The molecule has 3 aromatic rings. The first-order valence-electron chi connectivity index (χ1n) is 13.5. The highest BCUT2D eigenvalue weighted by Crippen LogP contribution is 2.32. The maximum absolute atomic E-state index is 12.8. The number of aliphatic hydroxyl groups excluding tert-OH is 1. The molecule has 0 unspecified atom stereocenters. The molecule has 2 aromatic carbocycles. The second-order valence-corrected chi connectivity index (χ2v) is 10.8. The highest BCUT2D eigenvalue weighted by Gasteiger charge is 2.34. The number of rotatable bonds is 7. The van der Waals surface area contributed by atoms with Crippen molar-refractivity contribution in [3.05, 3.63) is 81.5 Å². The molecule has 0 saturated carbocycles. The fourth-order valence-electron chi connectivity index (χ4n) is 4.91. The number of amides is 1. The number of carbonyl (C=O) groups is 2. The minimum Gasteiger partial charge on any atom is -0.480 e. The molecule has 0 spiro atoms. The summed E-state index contributed by atoms with van der Waals surface area (Å²) in [5.74, 6) is -0.407. The monoisotopic (exact) mass is 620 g/mol. The first kappa shape index (κ1) is 33.4. The van der Waals surface area contributed by atoms with Gasteiger partial charge < -0.3 is 25.6 Å². The number of aromatic nitrogens is 2. The van der Waals surface area contributed by atoms with Crippen LogP contribution in [0.5, 0.6) is 0 Å². The van der Waals surface area contributed by atoms with E-state index < -0.39 is 18.1 Å². The Labute approximate surface area is 255 Å². The number of hydrogen-bond donors (Lipinski definition) is 3. The van der Waals surface area contributed by atoms with Gasteiger partial charge in [0.25, 0.3) is 5.91 Å². The van der Waals surface area contributed by atoms with Crippen LogP contribution in [0.25, 0.3) is 11.3 Å². The van der Waals surface area contributed by atoms with Crippen molar-refractivity contribution in [1.82, 2.24) is 14.9 Å². The summed E-state index contributed by atoms with van der Waals surface area (Å²) in [6.07, 6.45) is 4.35. The van der Waals surface area contributed by atoms with Crippen molar-refractivity contribution in [2.45, 2.75) is 51.7 Å². The predicted octanol–water partition coefficient (Wildman–Crippen LogP) is 4.74. The van der Waals surface area contributed by atoms with Crippen LogP contribution >= 0.6 is 24.0 Å². The Bertz CT molecular complexity index is 1400. The molecule has 2 aliphatic heterocycles. The SMILES string of the molecule is C[C@H](C(=O)O)N1Cc2ccc(-c3nc(CC4CCOCC4)ncc3Cl)cc2C1=O.Cc1cc(F)cc([C@H](N)CO)c1.Cl. The van der Waals surface area contributed by atoms with Crippen molar-refractivity contribution in [3.8, 4) is 11.3 Å². The molecule has 9 nitrogen and oxygen atoms in total. The van der Waals surface area contributed by atoms with Crippen molar-refractivity contribution in [2.75, 3.05) is 19.8 Å². The average Bonchev–Trinajstić information content (AvgIpc) is 3.29. The molecular weight excluding hydrogens is 586 g/mol. The van der Waals surface area contributed by atoms with Gasteiger partial charge in [-0.2, -0.15) is 0 Å². The summed E-state index contributed by atoms with van der Waals surface area (Å²) in [6.45, 7) is 4.96.